The summed E-state index contributed by atoms with van der Waals surface area (Å²) in [5.41, 5.74) is 5.32. The fraction of sp³-hybridized carbons (Fsp3) is 0.730. The molecule has 0 rings (SSSR count). The third-order valence-electron chi connectivity index (χ3n) is 7.32. The van der Waals surface area contributed by atoms with Crippen molar-refractivity contribution < 1.29 is 42.7 Å². The molecule has 0 heterocycles. The number of carboxylic acids is 1. The highest BCUT2D eigenvalue weighted by molar-refractivity contribution is 7.47. The average Bonchev–Trinajstić information content (AvgIpc) is 3.06. The Labute approximate surface area is 290 Å². The molecule has 3 unspecified atom stereocenters. The Balaban J connectivity index is 4.33. The summed E-state index contributed by atoms with van der Waals surface area (Å²) in [6.45, 7) is 3.63. The molecule has 3 atom stereocenters. The van der Waals surface area contributed by atoms with Crippen LogP contribution in [0.2, 0.25) is 0 Å². The molecule has 0 spiro atoms. The largest absolute Gasteiger partial charge is 0.480 e. The first-order chi connectivity index (χ1) is 23.2. The zero-order valence-electron chi connectivity index (χ0n) is 29.8. The summed E-state index contributed by atoms with van der Waals surface area (Å²) in [5.74, 6) is -1.80. The van der Waals surface area contributed by atoms with Gasteiger partial charge in [-0.2, -0.15) is 0 Å². The van der Waals surface area contributed by atoms with Crippen molar-refractivity contribution in [1.29, 1.82) is 0 Å². The lowest BCUT2D eigenvalue weighted by Crippen LogP contribution is -2.34. The minimum Gasteiger partial charge on any atom is -0.480 e. The predicted octanol–water partition coefficient (Wildman–Crippen LogP) is 9.14. The maximum atomic E-state index is 12.5. The SMILES string of the molecule is CC/C=C\C/C=C\C/C=C\CCCCCCCCOCC(COP(=O)(O)OCC(N)C(=O)O)OC(=O)CCCCCCC/C=C\CCC. The van der Waals surface area contributed by atoms with Crippen molar-refractivity contribution in [2.24, 2.45) is 5.73 Å². The molecule has 11 heteroatoms. The van der Waals surface area contributed by atoms with Gasteiger partial charge in [-0.05, 0) is 64.2 Å². The van der Waals surface area contributed by atoms with Gasteiger partial charge in [-0.25, -0.2) is 4.57 Å². The molecule has 0 amide bonds. The molecule has 278 valence electrons. The van der Waals surface area contributed by atoms with E-state index in [-0.39, 0.29) is 13.0 Å². The molecule has 0 bridgehead atoms. The number of aliphatic carboxylic acids is 1. The first kappa shape index (κ1) is 45.9. The van der Waals surface area contributed by atoms with Gasteiger partial charge in [0, 0.05) is 13.0 Å². The molecule has 0 aliphatic heterocycles. The fourth-order valence-electron chi connectivity index (χ4n) is 4.50. The molecule has 0 aromatic heterocycles. The zero-order chi connectivity index (χ0) is 35.6. The summed E-state index contributed by atoms with van der Waals surface area (Å²) >= 11 is 0. The Hall–Kier alpha value is -2.07. The minimum atomic E-state index is -4.61. The van der Waals surface area contributed by atoms with Gasteiger partial charge in [0.2, 0.25) is 0 Å². The van der Waals surface area contributed by atoms with Gasteiger partial charge in [-0.3, -0.25) is 18.6 Å². The van der Waals surface area contributed by atoms with Crippen LogP contribution in [-0.2, 0) is 32.7 Å². The van der Waals surface area contributed by atoms with E-state index in [2.05, 4.69) is 67.0 Å². The average molecular weight is 700 g/mol. The second-order valence-corrected chi connectivity index (χ2v) is 13.4. The smallest absolute Gasteiger partial charge is 0.472 e. The Morgan fingerprint density at radius 2 is 1.21 bits per heavy atom. The topological polar surface area (TPSA) is 155 Å². The van der Waals surface area contributed by atoms with Gasteiger partial charge in [-0.1, -0.05) is 114 Å². The van der Waals surface area contributed by atoms with Gasteiger partial charge < -0.3 is 25.2 Å². The molecule has 0 aliphatic rings. The number of phosphoric ester groups is 1. The van der Waals surface area contributed by atoms with Crippen LogP contribution in [0.1, 0.15) is 136 Å². The first-order valence-corrected chi connectivity index (χ1v) is 19.7. The number of carbonyl (C=O) groups is 2. The minimum absolute atomic E-state index is 0.00287. The van der Waals surface area contributed by atoms with E-state index in [0.717, 1.165) is 89.9 Å². The molecule has 0 aromatic carbocycles. The molecular formula is C37H66NO9P. The number of hydrogen-bond donors (Lipinski definition) is 3. The van der Waals surface area contributed by atoms with Crippen molar-refractivity contribution in [3.8, 4) is 0 Å². The van der Waals surface area contributed by atoms with E-state index >= 15 is 0 Å². The highest BCUT2D eigenvalue weighted by Crippen LogP contribution is 2.43. The van der Waals surface area contributed by atoms with Gasteiger partial charge in [-0.15, -0.1) is 0 Å². The van der Waals surface area contributed by atoms with Crippen LogP contribution in [-0.4, -0.2) is 60.5 Å². The van der Waals surface area contributed by atoms with E-state index in [9.17, 15) is 19.0 Å². The van der Waals surface area contributed by atoms with Gasteiger partial charge in [0.1, 0.15) is 12.1 Å². The molecule has 0 aliphatic carbocycles. The lowest BCUT2D eigenvalue weighted by molar-refractivity contribution is -0.154. The highest BCUT2D eigenvalue weighted by Gasteiger charge is 2.27. The molecule has 10 nitrogen and oxygen atoms in total. The molecule has 0 radical (unpaired) electrons. The van der Waals surface area contributed by atoms with Crippen LogP contribution in [0.5, 0.6) is 0 Å². The Morgan fingerprint density at radius 1 is 0.688 bits per heavy atom. The van der Waals surface area contributed by atoms with Crippen LogP contribution >= 0.6 is 7.82 Å². The predicted molar refractivity (Wildman–Crippen MR) is 194 cm³/mol. The number of nitrogens with two attached hydrogens (primary N) is 1. The highest BCUT2D eigenvalue weighted by atomic mass is 31.2. The van der Waals surface area contributed by atoms with E-state index in [0.29, 0.717) is 13.0 Å². The van der Waals surface area contributed by atoms with Crippen molar-refractivity contribution >= 4 is 19.8 Å². The number of hydrogen-bond acceptors (Lipinski definition) is 8. The standard InChI is InChI=1S/C37H66NO9P/c1-3-5-7-9-11-13-15-16-17-18-19-20-22-24-26-28-30-44-31-34(32-45-48(42,43)46-33-35(38)37(40)41)47-36(39)29-27-25-23-21-14-12-10-8-6-4-2/h5,7-8,10-11,13,16-17,34-35H,3-4,6,9,12,14-15,18-33,38H2,1-2H3,(H,40,41)(H,42,43)/b7-5-,10-8-,13-11-,17-16-. The van der Waals surface area contributed by atoms with Crippen molar-refractivity contribution in [2.45, 2.75) is 148 Å². The molecule has 0 saturated carbocycles. The molecule has 48 heavy (non-hydrogen) atoms. The lowest BCUT2D eigenvalue weighted by Gasteiger charge is -2.20. The lowest BCUT2D eigenvalue weighted by atomic mass is 10.1. The van der Waals surface area contributed by atoms with E-state index in [1.54, 1.807) is 0 Å². The maximum Gasteiger partial charge on any atom is 0.472 e. The Bertz CT molecular complexity index is 951. The van der Waals surface area contributed by atoms with E-state index in [1.807, 2.05) is 0 Å². The summed E-state index contributed by atoms with van der Waals surface area (Å²) in [6.07, 6.45) is 36.0. The number of ether oxygens (including phenoxy) is 2. The van der Waals surface area contributed by atoms with Gasteiger partial charge in [0.25, 0.3) is 0 Å². The van der Waals surface area contributed by atoms with E-state index in [1.165, 1.54) is 19.3 Å². The molecule has 0 fully saturated rings. The van der Waals surface area contributed by atoms with Crippen molar-refractivity contribution in [2.75, 3.05) is 26.4 Å². The van der Waals surface area contributed by atoms with Crippen molar-refractivity contribution in [1.82, 2.24) is 0 Å². The molecule has 0 aromatic rings. The third kappa shape index (κ3) is 32.5. The van der Waals surface area contributed by atoms with E-state index in [4.69, 9.17) is 24.8 Å². The number of unbranched alkanes of at least 4 members (excludes halogenated alkanes) is 12. The number of rotatable bonds is 34. The summed E-state index contributed by atoms with van der Waals surface area (Å²) in [6, 6.07) is -1.48. The quantitative estimate of drug-likeness (QED) is 0.0256. The normalized spacial score (nSPS) is 14.8. The number of phosphoric acid groups is 1. The Kier molecular flexibility index (Phi) is 32.0. The van der Waals surface area contributed by atoms with Crippen LogP contribution in [0, 0.1) is 0 Å². The molecule has 4 N–H and O–H groups in total. The van der Waals surface area contributed by atoms with Crippen LogP contribution in [0.15, 0.2) is 48.6 Å². The van der Waals surface area contributed by atoms with Crippen LogP contribution in [0.25, 0.3) is 0 Å². The monoisotopic (exact) mass is 699 g/mol. The van der Waals surface area contributed by atoms with Gasteiger partial charge >= 0.3 is 19.8 Å². The van der Waals surface area contributed by atoms with Gasteiger partial charge in [0.15, 0.2) is 0 Å². The second-order valence-electron chi connectivity index (χ2n) is 12.0. The third-order valence-corrected chi connectivity index (χ3v) is 8.27. The summed E-state index contributed by atoms with van der Waals surface area (Å²) in [5, 5.41) is 8.85. The van der Waals surface area contributed by atoms with E-state index < -0.39 is 45.1 Å². The van der Waals surface area contributed by atoms with Gasteiger partial charge in [0.05, 0.1) is 19.8 Å². The van der Waals surface area contributed by atoms with Crippen molar-refractivity contribution in [3.05, 3.63) is 48.6 Å². The maximum absolute atomic E-state index is 12.5. The number of carboxylic acid groups (broad SMARTS) is 1. The van der Waals surface area contributed by atoms with Crippen LogP contribution in [0.3, 0.4) is 0 Å². The summed E-state index contributed by atoms with van der Waals surface area (Å²) < 4.78 is 33.1. The number of allylic oxidation sites excluding steroid dienone is 8. The Morgan fingerprint density at radius 3 is 1.83 bits per heavy atom. The summed E-state index contributed by atoms with van der Waals surface area (Å²) in [7, 11) is -4.61. The first-order valence-electron chi connectivity index (χ1n) is 18.2. The van der Waals surface area contributed by atoms with Crippen LogP contribution < -0.4 is 5.73 Å². The second kappa shape index (κ2) is 33.4. The number of carbonyl (C=O) groups excluding carboxylic acids is 1. The molecular weight excluding hydrogens is 633 g/mol. The zero-order valence-corrected chi connectivity index (χ0v) is 30.7. The van der Waals surface area contributed by atoms with Crippen LogP contribution in [0.4, 0.5) is 0 Å². The number of esters is 1. The fourth-order valence-corrected chi connectivity index (χ4v) is 5.28. The molecule has 0 saturated heterocycles. The van der Waals surface area contributed by atoms with Crippen molar-refractivity contribution in [3.63, 3.8) is 0 Å². The summed E-state index contributed by atoms with van der Waals surface area (Å²) in [4.78, 5) is 33.3.